The van der Waals surface area contributed by atoms with Gasteiger partial charge in [-0.1, -0.05) is 11.6 Å². The number of β-amino-alcohol motifs (C(OH)–C–C–N with tert-alkyl or cyclic N) is 1. The van der Waals surface area contributed by atoms with Gasteiger partial charge in [-0.05, 0) is 86.3 Å². The van der Waals surface area contributed by atoms with Crippen LogP contribution in [0, 0.1) is 17.8 Å². The van der Waals surface area contributed by atoms with E-state index >= 15 is 0 Å². The maximum Gasteiger partial charge on any atom is 0.433 e. The molecule has 6 nitrogen and oxygen atoms in total. The smallest absolute Gasteiger partial charge is 0.376 e. The predicted octanol–water partition coefficient (Wildman–Crippen LogP) is 4.54. The number of alkyl halides is 3. The molecular weight excluding hydrogens is 481 g/mol. The van der Waals surface area contributed by atoms with Crippen molar-refractivity contribution in [3.05, 3.63) is 34.1 Å². The second kappa shape index (κ2) is 7.59. The Labute approximate surface area is 206 Å². The molecular formula is C25H28ClF3N4O2. The Balaban J connectivity index is 1.22. The topological polar surface area (TPSA) is 61.1 Å². The summed E-state index contributed by atoms with van der Waals surface area (Å²) >= 11 is 6.55. The Morgan fingerprint density at radius 3 is 2.37 bits per heavy atom. The quantitative estimate of drug-likeness (QED) is 0.659. The maximum absolute atomic E-state index is 13.9. The zero-order valence-electron chi connectivity index (χ0n) is 19.2. The van der Waals surface area contributed by atoms with Crippen molar-refractivity contribution in [2.24, 2.45) is 17.8 Å². The van der Waals surface area contributed by atoms with Crippen molar-refractivity contribution in [2.75, 3.05) is 13.1 Å². The highest BCUT2D eigenvalue weighted by molar-refractivity contribution is 6.36. The number of piperazine rings is 1. The predicted molar refractivity (Wildman–Crippen MR) is 122 cm³/mol. The second-order valence-corrected chi connectivity index (χ2v) is 11.7. The number of aromatic nitrogens is 2. The molecule has 35 heavy (non-hydrogen) atoms. The summed E-state index contributed by atoms with van der Waals surface area (Å²) in [5, 5.41) is 15.1. The molecule has 1 N–H and O–H groups in total. The molecule has 1 aliphatic heterocycles. The van der Waals surface area contributed by atoms with Gasteiger partial charge in [-0.25, -0.2) is 4.52 Å². The summed E-state index contributed by atoms with van der Waals surface area (Å²) in [4.78, 5) is 17.5. The summed E-state index contributed by atoms with van der Waals surface area (Å²) in [7, 11) is 0. The fourth-order valence-electron chi connectivity index (χ4n) is 6.58. The van der Waals surface area contributed by atoms with E-state index in [1.54, 1.807) is 11.0 Å². The van der Waals surface area contributed by atoms with Crippen LogP contribution in [-0.4, -0.2) is 61.8 Å². The minimum Gasteiger partial charge on any atom is -0.376 e. The first-order valence-corrected chi connectivity index (χ1v) is 13.1. The van der Waals surface area contributed by atoms with E-state index in [1.807, 2.05) is 0 Å². The summed E-state index contributed by atoms with van der Waals surface area (Å²) in [6.07, 6.45) is 1.80. The lowest BCUT2D eigenvalue weighted by atomic mass is 10.0. The van der Waals surface area contributed by atoms with E-state index in [9.17, 15) is 23.1 Å². The molecule has 188 valence electrons. The van der Waals surface area contributed by atoms with Crippen molar-refractivity contribution in [1.29, 1.82) is 0 Å². The van der Waals surface area contributed by atoms with Gasteiger partial charge in [-0.3, -0.25) is 9.69 Å². The molecule has 0 bridgehead atoms. The number of hydrogen-bond acceptors (Lipinski definition) is 4. The summed E-state index contributed by atoms with van der Waals surface area (Å²) in [5.74, 6) is 1.51. The van der Waals surface area contributed by atoms with Crippen LogP contribution >= 0.6 is 11.6 Å². The van der Waals surface area contributed by atoms with Crippen molar-refractivity contribution in [2.45, 2.75) is 75.4 Å². The van der Waals surface area contributed by atoms with Gasteiger partial charge < -0.3 is 10.0 Å². The van der Waals surface area contributed by atoms with Crippen LogP contribution in [0.1, 0.15) is 72.6 Å². The first kappa shape index (κ1) is 22.4. The number of aliphatic hydroxyl groups is 1. The summed E-state index contributed by atoms with van der Waals surface area (Å²) in [6.45, 7) is 0.710. The third-order valence-electron chi connectivity index (χ3n) is 8.89. The van der Waals surface area contributed by atoms with Crippen LogP contribution in [0.15, 0.2) is 12.1 Å². The molecule has 4 saturated carbocycles. The fourth-order valence-corrected chi connectivity index (χ4v) is 6.84. The zero-order chi connectivity index (χ0) is 24.2. The number of fused-ring (bicyclic) bond motifs is 2. The first-order chi connectivity index (χ1) is 16.7. The molecule has 2 aromatic rings. The molecule has 0 spiro atoms. The highest BCUT2D eigenvalue weighted by Gasteiger charge is 2.52. The molecule has 4 atom stereocenters. The van der Waals surface area contributed by atoms with Gasteiger partial charge in [0.2, 0.25) is 0 Å². The van der Waals surface area contributed by atoms with Gasteiger partial charge in [0, 0.05) is 18.6 Å². The molecule has 0 aromatic carbocycles. The van der Waals surface area contributed by atoms with E-state index in [1.165, 1.54) is 6.42 Å². The molecule has 5 fully saturated rings. The van der Waals surface area contributed by atoms with E-state index in [-0.39, 0.29) is 34.7 Å². The molecule has 1 amide bonds. The summed E-state index contributed by atoms with van der Waals surface area (Å²) < 4.78 is 42.4. The van der Waals surface area contributed by atoms with Gasteiger partial charge in [0.05, 0.1) is 17.1 Å². The third-order valence-corrected chi connectivity index (χ3v) is 9.27. The monoisotopic (exact) mass is 508 g/mol. The number of carbonyl (C=O) groups is 1. The SMILES string of the molecule is O=C(c1nn2c(C(F)(F)F)cc(C3CC3)cc2c1Cl)N1CC(O)N(C2CC3CC3C2)CC1C1CC1. The van der Waals surface area contributed by atoms with Crippen molar-refractivity contribution in [1.82, 2.24) is 19.4 Å². The standard InChI is InChI=1S/C25H28ClF3N4O2/c26-22-18-8-16(12-1-2-12)9-20(25(27,28)29)33(18)30-23(22)24(35)32-11-21(34)31(10-19(32)13-3-4-13)17-6-14-5-15(14)7-17/h8-9,12-15,17,19,21,34H,1-7,10-11H2. The Kier molecular flexibility index (Phi) is 4.85. The van der Waals surface area contributed by atoms with Crippen LogP contribution in [0.5, 0.6) is 0 Å². The van der Waals surface area contributed by atoms with Crippen molar-refractivity contribution in [3.63, 3.8) is 0 Å². The number of aliphatic hydroxyl groups excluding tert-OH is 1. The molecule has 4 aliphatic carbocycles. The lowest BCUT2D eigenvalue weighted by Gasteiger charge is -2.47. The van der Waals surface area contributed by atoms with Crippen molar-refractivity contribution >= 4 is 23.0 Å². The van der Waals surface area contributed by atoms with Crippen LogP contribution < -0.4 is 0 Å². The van der Waals surface area contributed by atoms with E-state index in [2.05, 4.69) is 10.00 Å². The fraction of sp³-hybridized carbons (Fsp3) is 0.680. The van der Waals surface area contributed by atoms with E-state index in [4.69, 9.17) is 11.6 Å². The van der Waals surface area contributed by atoms with E-state index < -0.39 is 24.0 Å². The Bertz CT molecular complexity index is 1200. The van der Waals surface area contributed by atoms with Gasteiger partial charge in [0.1, 0.15) is 11.9 Å². The molecule has 1 saturated heterocycles. The third kappa shape index (κ3) is 3.76. The van der Waals surface area contributed by atoms with Crippen molar-refractivity contribution < 1.29 is 23.1 Å². The van der Waals surface area contributed by atoms with Gasteiger partial charge in [0.15, 0.2) is 5.69 Å². The molecule has 5 aliphatic rings. The van der Waals surface area contributed by atoms with Crippen LogP contribution in [0.4, 0.5) is 13.2 Å². The van der Waals surface area contributed by atoms with E-state index in [0.29, 0.717) is 24.1 Å². The molecule has 2 aromatic heterocycles. The number of rotatable bonds is 4. The largest absolute Gasteiger partial charge is 0.433 e. The number of amides is 1. The minimum atomic E-state index is -4.63. The molecule has 7 rings (SSSR count). The molecule has 3 heterocycles. The maximum atomic E-state index is 13.9. The number of pyridine rings is 1. The second-order valence-electron chi connectivity index (χ2n) is 11.3. The minimum absolute atomic E-state index is 0.0506. The van der Waals surface area contributed by atoms with Gasteiger partial charge in [-0.15, -0.1) is 0 Å². The van der Waals surface area contributed by atoms with Gasteiger partial charge in [-0.2, -0.15) is 18.3 Å². The van der Waals surface area contributed by atoms with Gasteiger partial charge >= 0.3 is 6.18 Å². The molecule has 10 heteroatoms. The van der Waals surface area contributed by atoms with Crippen LogP contribution in [0.3, 0.4) is 0 Å². The van der Waals surface area contributed by atoms with Crippen LogP contribution in [0.25, 0.3) is 5.52 Å². The Hall–Kier alpha value is -1.84. The van der Waals surface area contributed by atoms with Crippen LogP contribution in [-0.2, 0) is 6.18 Å². The lowest BCUT2D eigenvalue weighted by molar-refractivity contribution is -0.142. The lowest BCUT2D eigenvalue weighted by Crippen LogP contribution is -2.62. The summed E-state index contributed by atoms with van der Waals surface area (Å²) in [5.41, 5.74) is -0.390. The molecule has 4 unspecified atom stereocenters. The molecule has 0 radical (unpaired) electrons. The average Bonchev–Trinajstić information content (AvgIpc) is 3.72. The highest BCUT2D eigenvalue weighted by Crippen LogP contribution is 2.54. The number of carbonyl (C=O) groups excluding carboxylic acids is 1. The number of halogens is 4. The Morgan fingerprint density at radius 1 is 1.03 bits per heavy atom. The first-order valence-electron chi connectivity index (χ1n) is 12.7. The normalized spacial score (nSPS) is 33.4. The van der Waals surface area contributed by atoms with Gasteiger partial charge in [0.25, 0.3) is 5.91 Å². The Morgan fingerprint density at radius 2 is 1.74 bits per heavy atom. The summed E-state index contributed by atoms with van der Waals surface area (Å²) in [6, 6.07) is 3.02. The van der Waals surface area contributed by atoms with Crippen LogP contribution in [0.2, 0.25) is 5.02 Å². The zero-order valence-corrected chi connectivity index (χ0v) is 20.0. The van der Waals surface area contributed by atoms with E-state index in [0.717, 1.165) is 60.9 Å². The number of hydrogen-bond donors (Lipinski definition) is 1. The number of nitrogens with zero attached hydrogens (tertiary/aromatic N) is 4. The highest BCUT2D eigenvalue weighted by atomic mass is 35.5. The average molecular weight is 509 g/mol. The van der Waals surface area contributed by atoms with Crippen molar-refractivity contribution in [3.8, 4) is 0 Å².